The molecule has 0 heterocycles. The van der Waals surface area contributed by atoms with E-state index < -0.39 is 5.97 Å². The average molecular weight is 262 g/mol. The van der Waals surface area contributed by atoms with Crippen LogP contribution in [0.15, 0.2) is 24.3 Å². The minimum atomic E-state index is -0.897. The Morgan fingerprint density at radius 2 is 2.16 bits per heavy atom. The number of carbonyl (C=O) groups is 2. The van der Waals surface area contributed by atoms with E-state index in [0.717, 1.165) is 12.8 Å². The number of aliphatic carboxylic acids is 1. The van der Waals surface area contributed by atoms with Crippen LogP contribution >= 0.6 is 0 Å². The van der Waals surface area contributed by atoms with Gasteiger partial charge in [0.15, 0.2) is 0 Å². The molecular formula is C14H18N2O3. The number of nitrogens with zero attached hydrogens (tertiary/aromatic N) is 1. The van der Waals surface area contributed by atoms with Crippen LogP contribution < -0.4 is 5.32 Å². The van der Waals surface area contributed by atoms with Gasteiger partial charge in [0.2, 0.25) is 0 Å². The van der Waals surface area contributed by atoms with Crippen molar-refractivity contribution in [2.24, 2.45) is 0 Å². The maximum Gasteiger partial charge on any atom is 0.317 e. The Bertz CT molecular complexity index is 487. The first-order chi connectivity index (χ1) is 9.08. The van der Waals surface area contributed by atoms with E-state index in [1.807, 2.05) is 18.2 Å². The number of carboxylic acid groups (broad SMARTS) is 1. The predicted octanol–water partition coefficient (Wildman–Crippen LogP) is 1.79. The molecule has 1 aliphatic rings. The third kappa shape index (κ3) is 3.24. The van der Waals surface area contributed by atoms with Crippen LogP contribution in [-0.4, -0.2) is 35.6 Å². The van der Waals surface area contributed by atoms with Crippen LogP contribution in [-0.2, 0) is 11.2 Å². The number of nitrogens with one attached hydrogen (secondary N) is 1. The molecule has 0 spiro atoms. The van der Waals surface area contributed by atoms with Gasteiger partial charge in [0.05, 0.1) is 12.5 Å². The van der Waals surface area contributed by atoms with Crippen molar-refractivity contribution < 1.29 is 14.7 Å². The molecule has 2 N–H and O–H groups in total. The molecule has 1 atom stereocenters. The van der Waals surface area contributed by atoms with Gasteiger partial charge >= 0.3 is 12.0 Å². The van der Waals surface area contributed by atoms with Crippen molar-refractivity contribution >= 4 is 12.0 Å². The van der Waals surface area contributed by atoms with E-state index in [2.05, 4.69) is 11.4 Å². The fourth-order valence-electron chi connectivity index (χ4n) is 2.33. The minimum absolute atomic E-state index is 0.0365. The molecule has 0 saturated heterocycles. The lowest BCUT2D eigenvalue weighted by Crippen LogP contribution is -2.39. The Balaban J connectivity index is 1.92. The summed E-state index contributed by atoms with van der Waals surface area (Å²) in [6, 6.07) is 7.90. The Kier molecular flexibility index (Phi) is 4.04. The molecule has 2 rings (SSSR count). The van der Waals surface area contributed by atoms with Gasteiger partial charge in [-0.2, -0.15) is 0 Å². The second-order valence-corrected chi connectivity index (χ2v) is 4.80. The number of urea groups is 1. The van der Waals surface area contributed by atoms with Crippen LogP contribution in [0.1, 0.15) is 30.0 Å². The lowest BCUT2D eigenvalue weighted by atomic mass is 10.1. The van der Waals surface area contributed by atoms with Gasteiger partial charge < -0.3 is 15.3 Å². The number of aryl methyl sites for hydroxylation is 1. The van der Waals surface area contributed by atoms with Crippen LogP contribution in [0.2, 0.25) is 0 Å². The van der Waals surface area contributed by atoms with E-state index >= 15 is 0 Å². The smallest absolute Gasteiger partial charge is 0.317 e. The number of carboxylic acids is 1. The van der Waals surface area contributed by atoms with Crippen LogP contribution in [0.25, 0.3) is 0 Å². The molecule has 5 heteroatoms. The van der Waals surface area contributed by atoms with Gasteiger partial charge in [0.25, 0.3) is 0 Å². The van der Waals surface area contributed by atoms with Gasteiger partial charge in [-0.3, -0.25) is 4.79 Å². The molecule has 1 aliphatic carbocycles. The second kappa shape index (κ2) is 5.73. The number of hydrogen-bond donors (Lipinski definition) is 2. The molecule has 19 heavy (non-hydrogen) atoms. The quantitative estimate of drug-likeness (QED) is 0.869. The van der Waals surface area contributed by atoms with Crippen molar-refractivity contribution in [2.75, 3.05) is 13.6 Å². The van der Waals surface area contributed by atoms with E-state index in [1.54, 1.807) is 7.05 Å². The normalized spacial score (nSPS) is 16.8. The van der Waals surface area contributed by atoms with Crippen LogP contribution in [0.3, 0.4) is 0 Å². The molecule has 102 valence electrons. The molecule has 0 radical (unpaired) electrons. The molecule has 0 saturated carbocycles. The standard InChI is InChI=1S/C14H18N2O3/c1-16(9-8-13(17)18)14(19)15-12-7-6-10-4-2-3-5-11(10)12/h2-5,12H,6-9H2,1H3,(H,15,19)(H,17,18). The average Bonchev–Trinajstić information content (AvgIpc) is 2.79. The molecule has 0 aromatic heterocycles. The monoisotopic (exact) mass is 262 g/mol. The topological polar surface area (TPSA) is 69.6 Å². The van der Waals surface area contributed by atoms with Gasteiger partial charge in [-0.25, -0.2) is 4.79 Å². The maximum absolute atomic E-state index is 11.9. The summed E-state index contributed by atoms with van der Waals surface area (Å²) in [6.07, 6.45) is 1.84. The van der Waals surface area contributed by atoms with Crippen molar-refractivity contribution in [3.8, 4) is 0 Å². The summed E-state index contributed by atoms with van der Waals surface area (Å²) in [7, 11) is 1.61. The van der Waals surface area contributed by atoms with E-state index in [4.69, 9.17) is 5.11 Å². The third-order valence-corrected chi connectivity index (χ3v) is 3.44. The summed E-state index contributed by atoms with van der Waals surface area (Å²) in [5.74, 6) is -0.897. The Labute approximate surface area is 112 Å². The molecule has 0 bridgehead atoms. The molecule has 1 unspecified atom stereocenters. The number of carbonyl (C=O) groups excluding carboxylic acids is 1. The SMILES string of the molecule is CN(CCC(=O)O)C(=O)NC1CCc2ccccc21. The highest BCUT2D eigenvalue weighted by molar-refractivity contribution is 5.75. The lowest BCUT2D eigenvalue weighted by Gasteiger charge is -2.21. The first-order valence-corrected chi connectivity index (χ1v) is 6.39. The maximum atomic E-state index is 11.9. The first kappa shape index (κ1) is 13.4. The van der Waals surface area contributed by atoms with Gasteiger partial charge in [-0.15, -0.1) is 0 Å². The van der Waals surface area contributed by atoms with Gasteiger partial charge in [0.1, 0.15) is 0 Å². The van der Waals surface area contributed by atoms with Crippen LogP contribution in [0.4, 0.5) is 4.79 Å². The molecule has 0 aliphatic heterocycles. The van der Waals surface area contributed by atoms with E-state index in [0.29, 0.717) is 0 Å². The molecule has 2 amide bonds. The summed E-state index contributed by atoms with van der Waals surface area (Å²) in [6.45, 7) is 0.218. The highest BCUT2D eigenvalue weighted by Gasteiger charge is 2.24. The van der Waals surface area contributed by atoms with Gasteiger partial charge in [-0.05, 0) is 24.0 Å². The zero-order chi connectivity index (χ0) is 13.8. The van der Waals surface area contributed by atoms with Crippen molar-refractivity contribution in [3.05, 3.63) is 35.4 Å². The van der Waals surface area contributed by atoms with E-state index in [9.17, 15) is 9.59 Å². The molecular weight excluding hydrogens is 244 g/mol. The lowest BCUT2D eigenvalue weighted by molar-refractivity contribution is -0.137. The molecule has 0 fully saturated rings. The molecule has 1 aromatic carbocycles. The van der Waals surface area contributed by atoms with Crippen molar-refractivity contribution in [1.29, 1.82) is 0 Å². The summed E-state index contributed by atoms with van der Waals surface area (Å²) in [5, 5.41) is 11.6. The second-order valence-electron chi connectivity index (χ2n) is 4.80. The summed E-state index contributed by atoms with van der Waals surface area (Å²) >= 11 is 0. The largest absolute Gasteiger partial charge is 0.481 e. The van der Waals surface area contributed by atoms with E-state index in [-0.39, 0.29) is 25.0 Å². The van der Waals surface area contributed by atoms with Crippen molar-refractivity contribution in [3.63, 3.8) is 0 Å². The predicted molar refractivity (Wildman–Crippen MR) is 70.9 cm³/mol. The number of amides is 2. The Morgan fingerprint density at radius 3 is 2.89 bits per heavy atom. The van der Waals surface area contributed by atoms with E-state index in [1.165, 1.54) is 16.0 Å². The zero-order valence-electron chi connectivity index (χ0n) is 10.9. The number of hydrogen-bond acceptors (Lipinski definition) is 2. The summed E-state index contributed by atoms with van der Waals surface area (Å²) in [4.78, 5) is 23.8. The fourth-order valence-corrected chi connectivity index (χ4v) is 2.33. The van der Waals surface area contributed by atoms with Crippen molar-refractivity contribution in [1.82, 2.24) is 10.2 Å². The summed E-state index contributed by atoms with van der Waals surface area (Å²) in [5.41, 5.74) is 2.45. The first-order valence-electron chi connectivity index (χ1n) is 6.39. The number of rotatable bonds is 4. The van der Waals surface area contributed by atoms with Crippen molar-refractivity contribution in [2.45, 2.75) is 25.3 Å². The highest BCUT2D eigenvalue weighted by Crippen LogP contribution is 2.30. The van der Waals surface area contributed by atoms with Crippen LogP contribution in [0.5, 0.6) is 0 Å². The van der Waals surface area contributed by atoms with Crippen LogP contribution in [0, 0.1) is 0 Å². The number of benzene rings is 1. The Hall–Kier alpha value is -2.04. The Morgan fingerprint density at radius 1 is 1.42 bits per heavy atom. The summed E-state index contributed by atoms with van der Waals surface area (Å²) < 4.78 is 0. The molecule has 5 nitrogen and oxygen atoms in total. The number of fused-ring (bicyclic) bond motifs is 1. The fraction of sp³-hybridized carbons (Fsp3) is 0.429. The third-order valence-electron chi connectivity index (χ3n) is 3.44. The zero-order valence-corrected chi connectivity index (χ0v) is 10.9. The minimum Gasteiger partial charge on any atom is -0.481 e. The molecule has 1 aromatic rings. The van der Waals surface area contributed by atoms with Gasteiger partial charge in [-0.1, -0.05) is 24.3 Å². The highest BCUT2D eigenvalue weighted by atomic mass is 16.4. The van der Waals surface area contributed by atoms with Gasteiger partial charge in [0, 0.05) is 13.6 Å².